The lowest BCUT2D eigenvalue weighted by Gasteiger charge is -2.23. The lowest BCUT2D eigenvalue weighted by molar-refractivity contribution is -0.385. The van der Waals surface area contributed by atoms with Crippen molar-refractivity contribution >= 4 is 5.69 Å². The average Bonchev–Trinajstić information content (AvgIpc) is 2.66. The number of hydrogen-bond donors (Lipinski definition) is 1. The molecular formula is C21H19FN2O3. The summed E-state index contributed by atoms with van der Waals surface area (Å²) < 4.78 is 14.3. The molecule has 0 bridgehead atoms. The normalized spacial score (nSPS) is 10.9. The number of benzene rings is 3. The van der Waals surface area contributed by atoms with Crippen LogP contribution in [0.2, 0.25) is 0 Å². The summed E-state index contributed by atoms with van der Waals surface area (Å²) in [6.45, 7) is 1.07. The van der Waals surface area contributed by atoms with Crippen molar-refractivity contribution in [1.29, 1.82) is 0 Å². The lowest BCUT2D eigenvalue weighted by atomic mass is 10.1. The lowest BCUT2D eigenvalue weighted by Crippen LogP contribution is -2.23. The van der Waals surface area contributed by atoms with Gasteiger partial charge in [0.05, 0.1) is 4.92 Å². The van der Waals surface area contributed by atoms with Gasteiger partial charge in [-0.1, -0.05) is 48.5 Å². The van der Waals surface area contributed by atoms with Crippen LogP contribution < -0.4 is 0 Å². The summed E-state index contributed by atoms with van der Waals surface area (Å²) in [5.41, 5.74) is 1.84. The molecule has 6 heteroatoms. The van der Waals surface area contributed by atoms with Gasteiger partial charge in [0.2, 0.25) is 0 Å². The zero-order valence-electron chi connectivity index (χ0n) is 14.6. The molecule has 27 heavy (non-hydrogen) atoms. The number of rotatable bonds is 7. The summed E-state index contributed by atoms with van der Waals surface area (Å²) in [6.07, 6.45) is 0. The van der Waals surface area contributed by atoms with Crippen molar-refractivity contribution in [3.63, 3.8) is 0 Å². The summed E-state index contributed by atoms with van der Waals surface area (Å²) in [5.74, 6) is -0.328. The van der Waals surface area contributed by atoms with Crippen LogP contribution in [0.4, 0.5) is 10.1 Å². The van der Waals surface area contributed by atoms with Crippen molar-refractivity contribution in [3.8, 4) is 5.75 Å². The van der Waals surface area contributed by atoms with E-state index in [-0.39, 0.29) is 23.5 Å². The van der Waals surface area contributed by atoms with Gasteiger partial charge in [-0.15, -0.1) is 0 Å². The number of halogens is 1. The van der Waals surface area contributed by atoms with Crippen LogP contribution in [0.5, 0.6) is 5.75 Å². The molecule has 0 aromatic heterocycles. The van der Waals surface area contributed by atoms with Crippen LogP contribution in [0.25, 0.3) is 0 Å². The monoisotopic (exact) mass is 366 g/mol. The Kier molecular flexibility index (Phi) is 5.78. The molecule has 5 nitrogen and oxygen atoms in total. The van der Waals surface area contributed by atoms with Gasteiger partial charge in [-0.25, -0.2) is 4.39 Å². The third kappa shape index (κ3) is 4.89. The minimum absolute atomic E-state index is 0.145. The summed E-state index contributed by atoms with van der Waals surface area (Å²) in [4.78, 5) is 12.4. The van der Waals surface area contributed by atoms with E-state index in [1.54, 1.807) is 18.2 Å². The van der Waals surface area contributed by atoms with Crippen LogP contribution in [0.1, 0.15) is 16.7 Å². The van der Waals surface area contributed by atoms with Gasteiger partial charge in [-0.05, 0) is 17.7 Å². The molecule has 0 aliphatic carbocycles. The zero-order chi connectivity index (χ0) is 19.2. The Balaban J connectivity index is 1.88. The molecule has 0 heterocycles. The first-order valence-electron chi connectivity index (χ1n) is 8.49. The second kappa shape index (κ2) is 8.42. The third-order valence-corrected chi connectivity index (χ3v) is 4.27. The third-order valence-electron chi connectivity index (χ3n) is 4.27. The quantitative estimate of drug-likeness (QED) is 0.489. The second-order valence-electron chi connectivity index (χ2n) is 6.29. The highest BCUT2D eigenvalue weighted by molar-refractivity contribution is 5.36. The smallest absolute Gasteiger partial charge is 0.269 e. The summed E-state index contributed by atoms with van der Waals surface area (Å²) >= 11 is 0. The first-order valence-corrected chi connectivity index (χ1v) is 8.49. The van der Waals surface area contributed by atoms with Crippen LogP contribution in [-0.2, 0) is 19.6 Å². The fourth-order valence-corrected chi connectivity index (χ4v) is 2.93. The molecule has 3 aromatic carbocycles. The van der Waals surface area contributed by atoms with Crippen LogP contribution in [0.3, 0.4) is 0 Å². The molecule has 0 fully saturated rings. The molecular weight excluding hydrogens is 347 g/mol. The Hall–Kier alpha value is -3.25. The van der Waals surface area contributed by atoms with Crippen molar-refractivity contribution in [1.82, 2.24) is 4.90 Å². The predicted octanol–water partition coefficient (Wildman–Crippen LogP) is 4.64. The molecule has 0 spiro atoms. The largest absolute Gasteiger partial charge is 0.508 e. The molecule has 0 atom stereocenters. The maximum Gasteiger partial charge on any atom is 0.269 e. The number of nitro benzene ring substituents is 1. The number of hydrogen-bond acceptors (Lipinski definition) is 4. The van der Waals surface area contributed by atoms with Crippen molar-refractivity contribution < 1.29 is 14.4 Å². The number of nitro groups is 1. The molecule has 0 saturated carbocycles. The van der Waals surface area contributed by atoms with Gasteiger partial charge in [0.15, 0.2) is 0 Å². The molecule has 1 N–H and O–H groups in total. The predicted molar refractivity (Wildman–Crippen MR) is 101 cm³/mol. The Bertz CT molecular complexity index is 932. The van der Waals surface area contributed by atoms with Gasteiger partial charge < -0.3 is 5.11 Å². The molecule has 3 rings (SSSR count). The van der Waals surface area contributed by atoms with Crippen LogP contribution in [0.15, 0.2) is 72.8 Å². The molecule has 0 amide bonds. The molecule has 3 aromatic rings. The molecule has 0 aliphatic rings. The van der Waals surface area contributed by atoms with Crippen molar-refractivity contribution in [3.05, 3.63) is 105 Å². The molecule has 138 valence electrons. The standard InChI is InChI=1S/C21H19FN2O3/c22-20-11-10-19(24(26)27)12-18(20)15-23(13-16-6-2-1-3-7-16)14-17-8-4-5-9-21(17)25/h1-12,25H,13-15H2. The fourth-order valence-electron chi connectivity index (χ4n) is 2.93. The van der Waals surface area contributed by atoms with Crippen LogP contribution in [0, 0.1) is 15.9 Å². The Morgan fingerprint density at radius 1 is 0.889 bits per heavy atom. The topological polar surface area (TPSA) is 66.6 Å². The Labute approximate surface area is 156 Å². The summed E-state index contributed by atoms with van der Waals surface area (Å²) in [7, 11) is 0. The summed E-state index contributed by atoms with van der Waals surface area (Å²) in [6, 6.07) is 20.2. The number of phenols is 1. The SMILES string of the molecule is O=[N+]([O-])c1ccc(F)c(CN(Cc2ccccc2)Cc2ccccc2O)c1. The highest BCUT2D eigenvalue weighted by Crippen LogP contribution is 2.23. The molecule has 0 saturated heterocycles. The molecule has 0 radical (unpaired) electrons. The number of para-hydroxylation sites is 1. The second-order valence-corrected chi connectivity index (χ2v) is 6.29. The maximum absolute atomic E-state index is 14.3. The fraction of sp³-hybridized carbons (Fsp3) is 0.143. The highest BCUT2D eigenvalue weighted by atomic mass is 19.1. The Morgan fingerprint density at radius 2 is 1.56 bits per heavy atom. The van der Waals surface area contributed by atoms with Gasteiger partial charge in [0.25, 0.3) is 5.69 Å². The molecule has 0 unspecified atom stereocenters. The highest BCUT2D eigenvalue weighted by Gasteiger charge is 2.16. The van der Waals surface area contributed by atoms with Gasteiger partial charge in [0.1, 0.15) is 11.6 Å². The van der Waals surface area contributed by atoms with Crippen molar-refractivity contribution in [2.24, 2.45) is 0 Å². The van der Waals surface area contributed by atoms with E-state index in [4.69, 9.17) is 0 Å². The van der Waals surface area contributed by atoms with E-state index in [0.717, 1.165) is 17.7 Å². The van der Waals surface area contributed by atoms with Gasteiger partial charge in [0, 0.05) is 42.9 Å². The van der Waals surface area contributed by atoms with Crippen molar-refractivity contribution in [2.75, 3.05) is 0 Å². The van der Waals surface area contributed by atoms with Gasteiger partial charge in [-0.3, -0.25) is 15.0 Å². The number of non-ortho nitro benzene ring substituents is 1. The Morgan fingerprint density at radius 3 is 2.26 bits per heavy atom. The van der Waals surface area contributed by atoms with E-state index in [0.29, 0.717) is 18.7 Å². The first kappa shape index (κ1) is 18.5. The molecule has 0 aliphatic heterocycles. The van der Waals surface area contributed by atoms with Crippen molar-refractivity contribution in [2.45, 2.75) is 19.6 Å². The van der Waals surface area contributed by atoms with E-state index in [1.165, 1.54) is 6.07 Å². The number of nitrogens with zero attached hydrogens (tertiary/aromatic N) is 2. The van der Waals surface area contributed by atoms with E-state index < -0.39 is 10.7 Å². The number of phenolic OH excluding ortho intramolecular Hbond substituents is 1. The summed E-state index contributed by atoms with van der Waals surface area (Å²) in [5, 5.41) is 21.1. The maximum atomic E-state index is 14.3. The van der Waals surface area contributed by atoms with Crippen LogP contribution >= 0.6 is 0 Å². The number of aromatic hydroxyl groups is 1. The van der Waals surface area contributed by atoms with Gasteiger partial charge in [-0.2, -0.15) is 0 Å². The van der Waals surface area contributed by atoms with E-state index in [2.05, 4.69) is 0 Å². The van der Waals surface area contributed by atoms with E-state index in [9.17, 15) is 19.6 Å². The first-order chi connectivity index (χ1) is 13.0. The van der Waals surface area contributed by atoms with E-state index >= 15 is 0 Å². The minimum atomic E-state index is -0.534. The van der Waals surface area contributed by atoms with E-state index in [1.807, 2.05) is 41.3 Å². The van der Waals surface area contributed by atoms with Gasteiger partial charge >= 0.3 is 0 Å². The average molecular weight is 366 g/mol. The minimum Gasteiger partial charge on any atom is -0.508 e. The van der Waals surface area contributed by atoms with Crippen LogP contribution in [-0.4, -0.2) is 14.9 Å². The zero-order valence-corrected chi connectivity index (χ0v) is 14.6.